The summed E-state index contributed by atoms with van der Waals surface area (Å²) in [4.78, 5) is 16.2. The topological polar surface area (TPSA) is 32.8 Å². The van der Waals surface area contributed by atoms with Crippen LogP contribution >= 0.6 is 11.6 Å². The summed E-state index contributed by atoms with van der Waals surface area (Å²) in [5.74, 6) is 0.414. The molecule has 1 fully saturated rings. The van der Waals surface area contributed by atoms with Crippen LogP contribution in [0.1, 0.15) is 18.1 Å². The van der Waals surface area contributed by atoms with Crippen molar-refractivity contribution < 1.29 is 22.7 Å². The lowest BCUT2D eigenvalue weighted by Gasteiger charge is -2.37. The van der Waals surface area contributed by atoms with E-state index in [2.05, 4.69) is 0 Å². The van der Waals surface area contributed by atoms with Gasteiger partial charge in [-0.3, -0.25) is 4.79 Å². The molecule has 1 aliphatic heterocycles. The normalized spacial score (nSPS) is 15.9. The van der Waals surface area contributed by atoms with E-state index in [4.69, 9.17) is 16.3 Å². The fourth-order valence-corrected chi connectivity index (χ4v) is 3.38. The number of rotatable bonds is 4. The fraction of sp³-hybridized carbons (Fsp3) is 0.381. The van der Waals surface area contributed by atoms with Crippen molar-refractivity contribution in [1.29, 1.82) is 0 Å². The number of ether oxygens (including phenoxy) is 1. The van der Waals surface area contributed by atoms with E-state index >= 15 is 0 Å². The highest BCUT2D eigenvalue weighted by atomic mass is 35.5. The van der Waals surface area contributed by atoms with Crippen LogP contribution in [0.25, 0.3) is 0 Å². The minimum atomic E-state index is -4.37. The van der Waals surface area contributed by atoms with Gasteiger partial charge in [0.25, 0.3) is 5.91 Å². The Balaban J connectivity index is 1.58. The maximum absolute atomic E-state index is 12.9. The number of piperazine rings is 1. The molecule has 1 saturated heterocycles. The summed E-state index contributed by atoms with van der Waals surface area (Å²) >= 11 is 6.00. The van der Waals surface area contributed by atoms with Gasteiger partial charge in [0.2, 0.25) is 0 Å². The zero-order valence-corrected chi connectivity index (χ0v) is 16.9. The summed E-state index contributed by atoms with van der Waals surface area (Å²) in [5, 5.41) is 0.627. The summed E-state index contributed by atoms with van der Waals surface area (Å²) in [6.45, 7) is 5.30. The number of carbonyl (C=O) groups is 1. The lowest BCUT2D eigenvalue weighted by Crippen LogP contribution is -2.52. The first kappa shape index (κ1) is 21.3. The number of hydrogen-bond donors (Lipinski definition) is 0. The third-order valence-electron chi connectivity index (χ3n) is 4.92. The molecule has 3 rings (SSSR count). The Hall–Kier alpha value is -2.41. The van der Waals surface area contributed by atoms with E-state index in [1.54, 1.807) is 36.1 Å². The predicted molar refractivity (Wildman–Crippen MR) is 107 cm³/mol. The van der Waals surface area contributed by atoms with Crippen LogP contribution in [0.5, 0.6) is 5.75 Å². The number of anilines is 1. The third-order valence-corrected chi connectivity index (χ3v) is 5.34. The first-order valence-electron chi connectivity index (χ1n) is 9.29. The molecule has 0 aromatic heterocycles. The SMILES string of the molecule is Cc1cc(O[C@H](C)C(=O)N2CCN(c3cccc(C(F)(F)F)c3)CC2)ccc1Cl. The first-order valence-corrected chi connectivity index (χ1v) is 9.67. The lowest BCUT2D eigenvalue weighted by atomic mass is 10.1. The van der Waals surface area contributed by atoms with Gasteiger partial charge in [-0.25, -0.2) is 0 Å². The van der Waals surface area contributed by atoms with Gasteiger partial charge in [0.1, 0.15) is 5.75 Å². The van der Waals surface area contributed by atoms with E-state index in [0.29, 0.717) is 42.6 Å². The van der Waals surface area contributed by atoms with E-state index in [0.717, 1.165) is 17.7 Å². The fourth-order valence-electron chi connectivity index (χ4n) is 3.27. The van der Waals surface area contributed by atoms with Crippen molar-refractivity contribution in [2.75, 3.05) is 31.1 Å². The number of benzene rings is 2. The van der Waals surface area contributed by atoms with E-state index in [9.17, 15) is 18.0 Å². The van der Waals surface area contributed by atoms with Gasteiger partial charge < -0.3 is 14.5 Å². The summed E-state index contributed by atoms with van der Waals surface area (Å²) < 4.78 is 44.5. The molecule has 0 bridgehead atoms. The smallest absolute Gasteiger partial charge is 0.416 e. The minimum absolute atomic E-state index is 0.152. The Labute approximate surface area is 172 Å². The van der Waals surface area contributed by atoms with Gasteiger partial charge in [0, 0.05) is 36.9 Å². The summed E-state index contributed by atoms with van der Waals surface area (Å²) in [7, 11) is 0. The number of carbonyl (C=O) groups excluding carboxylic acids is 1. The average molecular weight is 427 g/mol. The maximum Gasteiger partial charge on any atom is 0.416 e. The molecule has 1 amide bonds. The van der Waals surface area contributed by atoms with Crippen molar-refractivity contribution >= 4 is 23.2 Å². The predicted octanol–water partition coefficient (Wildman–Crippen LogP) is 4.78. The molecule has 0 spiro atoms. The molecule has 29 heavy (non-hydrogen) atoms. The molecule has 0 N–H and O–H groups in total. The monoisotopic (exact) mass is 426 g/mol. The quantitative estimate of drug-likeness (QED) is 0.705. The molecular weight excluding hydrogens is 405 g/mol. The largest absolute Gasteiger partial charge is 0.481 e. The molecule has 8 heteroatoms. The molecule has 1 aliphatic rings. The summed E-state index contributed by atoms with van der Waals surface area (Å²) in [6, 6.07) is 10.5. The highest BCUT2D eigenvalue weighted by Crippen LogP contribution is 2.32. The van der Waals surface area contributed by atoms with Crippen LogP contribution in [-0.2, 0) is 11.0 Å². The van der Waals surface area contributed by atoms with E-state index in [1.807, 2.05) is 11.8 Å². The van der Waals surface area contributed by atoms with Crippen molar-refractivity contribution in [3.05, 3.63) is 58.6 Å². The van der Waals surface area contributed by atoms with Gasteiger partial charge in [-0.15, -0.1) is 0 Å². The number of alkyl halides is 3. The second-order valence-electron chi connectivity index (χ2n) is 7.03. The van der Waals surface area contributed by atoms with Crippen molar-refractivity contribution in [2.45, 2.75) is 26.1 Å². The minimum Gasteiger partial charge on any atom is -0.481 e. The number of nitrogens with zero attached hydrogens (tertiary/aromatic N) is 2. The Morgan fingerprint density at radius 2 is 1.79 bits per heavy atom. The van der Waals surface area contributed by atoms with Gasteiger partial charge >= 0.3 is 6.18 Å². The third kappa shape index (κ3) is 5.15. The Morgan fingerprint density at radius 3 is 2.41 bits per heavy atom. The van der Waals surface area contributed by atoms with Gasteiger partial charge in [-0.2, -0.15) is 13.2 Å². The Morgan fingerprint density at radius 1 is 1.10 bits per heavy atom. The molecule has 1 heterocycles. The molecule has 0 aliphatic carbocycles. The molecule has 2 aromatic rings. The number of halogens is 4. The second kappa shape index (κ2) is 8.53. The van der Waals surface area contributed by atoms with Crippen LogP contribution in [0.4, 0.5) is 18.9 Å². The van der Waals surface area contributed by atoms with Crippen LogP contribution in [0, 0.1) is 6.92 Å². The molecule has 0 unspecified atom stereocenters. The van der Waals surface area contributed by atoms with Crippen LogP contribution < -0.4 is 9.64 Å². The highest BCUT2D eigenvalue weighted by Gasteiger charge is 2.31. The molecular formula is C21H22ClF3N2O2. The highest BCUT2D eigenvalue weighted by molar-refractivity contribution is 6.31. The number of hydrogen-bond acceptors (Lipinski definition) is 3. The van der Waals surface area contributed by atoms with Crippen LogP contribution in [0.3, 0.4) is 0 Å². The molecule has 0 radical (unpaired) electrons. The molecule has 4 nitrogen and oxygen atoms in total. The second-order valence-corrected chi connectivity index (χ2v) is 7.44. The van der Waals surface area contributed by atoms with Crippen LogP contribution in [0.15, 0.2) is 42.5 Å². The Kier molecular flexibility index (Phi) is 6.27. The Bertz CT molecular complexity index is 880. The zero-order valence-electron chi connectivity index (χ0n) is 16.2. The standard InChI is InChI=1S/C21H22ClF3N2O2/c1-14-12-18(6-7-19(14)22)29-15(2)20(28)27-10-8-26(9-11-27)17-5-3-4-16(13-17)21(23,24)25/h3-7,12-13,15H,8-11H2,1-2H3/t15-/m1/s1. The lowest BCUT2D eigenvalue weighted by molar-refractivity contribution is -0.138. The zero-order chi connectivity index (χ0) is 21.2. The van der Waals surface area contributed by atoms with Crippen LogP contribution in [-0.4, -0.2) is 43.1 Å². The molecule has 2 aromatic carbocycles. The van der Waals surface area contributed by atoms with E-state index < -0.39 is 17.8 Å². The van der Waals surface area contributed by atoms with Gasteiger partial charge in [0.15, 0.2) is 6.10 Å². The van der Waals surface area contributed by atoms with Crippen molar-refractivity contribution in [1.82, 2.24) is 4.90 Å². The molecule has 0 saturated carbocycles. The first-order chi connectivity index (χ1) is 13.6. The molecule has 1 atom stereocenters. The van der Waals surface area contributed by atoms with Gasteiger partial charge in [-0.05, 0) is 55.8 Å². The summed E-state index contributed by atoms with van der Waals surface area (Å²) in [5.41, 5.74) is 0.695. The van der Waals surface area contributed by atoms with Crippen molar-refractivity contribution in [2.24, 2.45) is 0 Å². The number of amides is 1. The van der Waals surface area contributed by atoms with Crippen LogP contribution in [0.2, 0.25) is 5.02 Å². The number of aryl methyl sites for hydroxylation is 1. The van der Waals surface area contributed by atoms with E-state index in [-0.39, 0.29) is 5.91 Å². The molecule has 156 valence electrons. The van der Waals surface area contributed by atoms with Gasteiger partial charge in [0.05, 0.1) is 5.56 Å². The van der Waals surface area contributed by atoms with Gasteiger partial charge in [-0.1, -0.05) is 17.7 Å². The van der Waals surface area contributed by atoms with Crippen molar-refractivity contribution in [3.8, 4) is 5.75 Å². The average Bonchev–Trinajstić information content (AvgIpc) is 2.70. The van der Waals surface area contributed by atoms with E-state index in [1.165, 1.54) is 6.07 Å². The summed E-state index contributed by atoms with van der Waals surface area (Å²) in [6.07, 6.45) is -5.05. The van der Waals surface area contributed by atoms with Crippen molar-refractivity contribution in [3.63, 3.8) is 0 Å². The maximum atomic E-state index is 12.9.